The van der Waals surface area contributed by atoms with Crippen molar-refractivity contribution < 1.29 is 0 Å². The fourth-order valence-electron chi connectivity index (χ4n) is 12.6. The normalized spacial score (nSPS) is 49.3. The van der Waals surface area contributed by atoms with Crippen molar-refractivity contribution >= 4 is 12.6 Å². The van der Waals surface area contributed by atoms with Crippen LogP contribution < -0.4 is 0 Å². The highest BCUT2D eigenvalue weighted by Gasteiger charge is 2.56. The van der Waals surface area contributed by atoms with Gasteiger partial charge in [0.1, 0.15) is 0 Å². The number of rotatable bonds is 3. The molecule has 1 heteroatoms. The number of thiol groups is 1. The molecule has 0 aliphatic heterocycles. The summed E-state index contributed by atoms with van der Waals surface area (Å²) in [5, 5.41) is 0.685. The predicted octanol–water partition coefficient (Wildman–Crippen LogP) is 10.7. The molecule has 0 radical (unpaired) electrons. The Morgan fingerprint density at radius 3 is 1.89 bits per heavy atom. The lowest BCUT2D eigenvalue weighted by Crippen LogP contribution is -2.54. The number of fused-ring (bicyclic) bond motifs is 3. The van der Waals surface area contributed by atoms with Crippen LogP contribution in [-0.4, -0.2) is 5.25 Å². The molecule has 7 rings (SSSR count). The highest BCUT2D eigenvalue weighted by molar-refractivity contribution is 7.80. The quantitative estimate of drug-likeness (QED) is 0.276. The van der Waals surface area contributed by atoms with Gasteiger partial charge in [0, 0.05) is 5.25 Å². The van der Waals surface area contributed by atoms with E-state index in [1.807, 2.05) is 5.57 Å². The van der Waals surface area contributed by atoms with E-state index in [2.05, 4.69) is 6.08 Å². The molecule has 7 aliphatic carbocycles. The minimum absolute atomic E-state index is 0.685. The number of hydrogen-bond donors (Lipinski definition) is 1. The van der Waals surface area contributed by atoms with E-state index in [-0.39, 0.29) is 0 Å². The summed E-state index contributed by atoms with van der Waals surface area (Å²) in [5.41, 5.74) is 2.01. The highest BCUT2D eigenvalue weighted by Crippen LogP contribution is 2.63. The van der Waals surface area contributed by atoms with E-state index in [0.717, 1.165) is 65.1 Å². The minimum Gasteiger partial charge on any atom is -0.176 e. The smallest absolute Gasteiger partial charge is 0.00197 e. The summed E-state index contributed by atoms with van der Waals surface area (Å²) in [7, 11) is 0. The molecule has 208 valence electrons. The molecule has 0 heterocycles. The van der Waals surface area contributed by atoms with Crippen molar-refractivity contribution in [1.29, 1.82) is 0 Å². The molecular weight excluding hydrogens is 464 g/mol. The molecule has 0 N–H and O–H groups in total. The lowest BCUT2D eigenvalue weighted by atomic mass is 9.44. The van der Waals surface area contributed by atoms with E-state index in [1.54, 1.807) is 51.4 Å². The van der Waals surface area contributed by atoms with Crippen LogP contribution in [0.5, 0.6) is 0 Å². The summed E-state index contributed by atoms with van der Waals surface area (Å²) >= 11 is 5.23. The zero-order valence-corrected chi connectivity index (χ0v) is 24.9. The number of hydrogen-bond acceptors (Lipinski definition) is 1. The van der Waals surface area contributed by atoms with Gasteiger partial charge >= 0.3 is 0 Å². The summed E-state index contributed by atoms with van der Waals surface area (Å²) in [6.45, 7) is 0. The number of allylic oxidation sites excluding steroid dienone is 2. The average molecular weight is 523 g/mol. The van der Waals surface area contributed by atoms with Gasteiger partial charge in [-0.2, -0.15) is 12.6 Å². The Morgan fingerprint density at radius 2 is 1.08 bits per heavy atom. The summed E-state index contributed by atoms with van der Waals surface area (Å²) in [4.78, 5) is 0. The molecule has 0 saturated heterocycles. The van der Waals surface area contributed by atoms with Crippen molar-refractivity contribution in [1.82, 2.24) is 0 Å². The molecule has 0 nitrogen and oxygen atoms in total. The second-order valence-corrected chi connectivity index (χ2v) is 16.2. The van der Waals surface area contributed by atoms with Gasteiger partial charge in [-0.1, -0.05) is 82.3 Å². The van der Waals surface area contributed by atoms with Crippen LogP contribution in [0.25, 0.3) is 0 Å². The Hall–Kier alpha value is 0.0900. The second kappa shape index (κ2) is 11.5. The summed E-state index contributed by atoms with van der Waals surface area (Å²) < 4.78 is 0. The van der Waals surface area contributed by atoms with Gasteiger partial charge in [-0.05, 0) is 136 Å². The Labute approximate surface area is 235 Å². The van der Waals surface area contributed by atoms with Crippen LogP contribution in [0.4, 0.5) is 0 Å². The van der Waals surface area contributed by atoms with E-state index in [0.29, 0.717) is 5.25 Å². The van der Waals surface area contributed by atoms with Gasteiger partial charge in [-0.25, -0.2) is 0 Å². The lowest BCUT2D eigenvalue weighted by molar-refractivity contribution is -0.0973. The topological polar surface area (TPSA) is 0 Å². The first kappa shape index (κ1) is 26.0. The zero-order chi connectivity index (χ0) is 24.8. The Balaban J connectivity index is 1.23. The van der Waals surface area contributed by atoms with Crippen LogP contribution in [-0.2, 0) is 0 Å². The van der Waals surface area contributed by atoms with Crippen LogP contribution in [0.2, 0.25) is 0 Å². The molecule has 0 aromatic carbocycles. The Bertz CT molecular complexity index is 792. The second-order valence-electron chi connectivity index (χ2n) is 15.5. The third-order valence-corrected chi connectivity index (χ3v) is 14.4. The lowest BCUT2D eigenvalue weighted by Gasteiger charge is -2.61. The van der Waals surface area contributed by atoms with Crippen LogP contribution in [0.1, 0.15) is 141 Å². The largest absolute Gasteiger partial charge is 0.176 e. The first-order chi connectivity index (χ1) is 18.3. The van der Waals surface area contributed by atoms with Crippen molar-refractivity contribution in [3.8, 4) is 0 Å². The van der Waals surface area contributed by atoms with E-state index >= 15 is 0 Å². The molecule has 11 atom stereocenters. The van der Waals surface area contributed by atoms with Gasteiger partial charge in [0.15, 0.2) is 0 Å². The SMILES string of the molecule is SC1CCC2C(C1)C(C1CCCCC1C1CCCCC1)C1CCCCC1C2C1=CC2CCCCC2CC1. The summed E-state index contributed by atoms with van der Waals surface area (Å²) in [6.07, 6.45) is 36.6. The van der Waals surface area contributed by atoms with Gasteiger partial charge in [0.2, 0.25) is 0 Å². The van der Waals surface area contributed by atoms with Crippen molar-refractivity contribution in [2.45, 2.75) is 147 Å². The zero-order valence-electron chi connectivity index (χ0n) is 24.0. The van der Waals surface area contributed by atoms with Gasteiger partial charge in [0.05, 0.1) is 0 Å². The maximum atomic E-state index is 5.23. The third kappa shape index (κ3) is 5.05. The maximum Gasteiger partial charge on any atom is 0.00197 e. The standard InChI is InChI=1S/C36H58S/c37-28-20-21-33-34(23-28)36(30-15-7-6-14-29(30)25-11-2-1-3-12-25)32-17-9-8-16-31(32)35(33)27-19-18-24-10-4-5-13-26(24)22-27/h22,24-26,28-37H,1-21,23H2. The van der Waals surface area contributed by atoms with E-state index in [1.165, 1.54) is 89.9 Å². The van der Waals surface area contributed by atoms with E-state index < -0.39 is 0 Å². The van der Waals surface area contributed by atoms with Crippen molar-refractivity contribution in [2.75, 3.05) is 0 Å². The molecular formula is C36H58S. The molecule has 0 spiro atoms. The van der Waals surface area contributed by atoms with Gasteiger partial charge in [-0.3, -0.25) is 0 Å². The van der Waals surface area contributed by atoms with Crippen LogP contribution >= 0.6 is 12.6 Å². The third-order valence-electron chi connectivity index (χ3n) is 14.0. The van der Waals surface area contributed by atoms with Crippen molar-refractivity contribution in [2.24, 2.45) is 65.1 Å². The first-order valence-electron chi connectivity index (χ1n) is 17.7. The van der Waals surface area contributed by atoms with Crippen molar-refractivity contribution in [3.05, 3.63) is 11.6 Å². The molecule has 7 aliphatic rings. The maximum absolute atomic E-state index is 5.23. The molecule has 0 aromatic heterocycles. The van der Waals surface area contributed by atoms with Crippen LogP contribution in [0.3, 0.4) is 0 Å². The summed E-state index contributed by atoms with van der Waals surface area (Å²) in [6, 6.07) is 0. The van der Waals surface area contributed by atoms with Gasteiger partial charge < -0.3 is 0 Å². The molecule has 6 saturated carbocycles. The fraction of sp³-hybridized carbons (Fsp3) is 0.944. The Morgan fingerprint density at radius 1 is 0.486 bits per heavy atom. The van der Waals surface area contributed by atoms with Crippen molar-refractivity contribution in [3.63, 3.8) is 0 Å². The predicted molar refractivity (Wildman–Crippen MR) is 161 cm³/mol. The Kier molecular flexibility index (Phi) is 8.11. The molecule has 6 fully saturated rings. The molecule has 0 aromatic rings. The van der Waals surface area contributed by atoms with Crippen LogP contribution in [0, 0.1) is 65.1 Å². The molecule has 0 bridgehead atoms. The van der Waals surface area contributed by atoms with Gasteiger partial charge in [0.25, 0.3) is 0 Å². The molecule has 0 amide bonds. The van der Waals surface area contributed by atoms with Crippen LogP contribution in [0.15, 0.2) is 11.6 Å². The average Bonchev–Trinajstić information content (AvgIpc) is 2.96. The molecule has 11 unspecified atom stereocenters. The first-order valence-corrected chi connectivity index (χ1v) is 18.2. The fourth-order valence-corrected chi connectivity index (χ4v) is 13.0. The molecule has 37 heavy (non-hydrogen) atoms. The summed E-state index contributed by atoms with van der Waals surface area (Å²) in [5.74, 6) is 11.3. The minimum atomic E-state index is 0.685. The monoisotopic (exact) mass is 522 g/mol. The van der Waals surface area contributed by atoms with E-state index in [4.69, 9.17) is 12.6 Å². The van der Waals surface area contributed by atoms with Gasteiger partial charge in [-0.15, -0.1) is 0 Å². The van der Waals surface area contributed by atoms with E-state index in [9.17, 15) is 0 Å². The highest BCUT2D eigenvalue weighted by atomic mass is 32.1.